The van der Waals surface area contributed by atoms with Gasteiger partial charge in [0.2, 0.25) is 5.88 Å². The number of likely N-dealkylation sites (N-methyl/N-ethyl adjacent to an activating group) is 1. The van der Waals surface area contributed by atoms with Crippen LogP contribution in [0.15, 0.2) is 12.1 Å². The lowest BCUT2D eigenvalue weighted by atomic mass is 10.1. The van der Waals surface area contributed by atoms with Crippen LogP contribution in [0.1, 0.15) is 25.1 Å². The summed E-state index contributed by atoms with van der Waals surface area (Å²) in [5.41, 5.74) is 1.23. The molecule has 17 heavy (non-hydrogen) atoms. The first-order valence-electron chi connectivity index (χ1n) is 5.55. The van der Waals surface area contributed by atoms with Crippen molar-refractivity contribution in [3.63, 3.8) is 0 Å². The van der Waals surface area contributed by atoms with Gasteiger partial charge in [0.05, 0.1) is 0 Å². The molecule has 4 heteroatoms. The zero-order chi connectivity index (χ0) is 13.1. The van der Waals surface area contributed by atoms with E-state index in [9.17, 15) is 0 Å². The van der Waals surface area contributed by atoms with Crippen LogP contribution in [-0.4, -0.2) is 36.1 Å². The van der Waals surface area contributed by atoms with E-state index in [0.717, 1.165) is 5.69 Å². The largest absolute Gasteiger partial charge is 0.475 e. The molecule has 0 spiro atoms. The summed E-state index contributed by atoms with van der Waals surface area (Å²) >= 11 is 0. The van der Waals surface area contributed by atoms with Crippen LogP contribution in [0.3, 0.4) is 0 Å². The molecule has 1 aromatic heterocycles. The van der Waals surface area contributed by atoms with Gasteiger partial charge in [0.25, 0.3) is 0 Å². The van der Waals surface area contributed by atoms with Gasteiger partial charge in [-0.15, -0.1) is 0 Å². The van der Waals surface area contributed by atoms with Crippen LogP contribution >= 0.6 is 0 Å². The Morgan fingerprint density at radius 3 is 2.59 bits per heavy atom. The first-order chi connectivity index (χ1) is 7.86. The van der Waals surface area contributed by atoms with Gasteiger partial charge in [-0.05, 0) is 47.0 Å². The van der Waals surface area contributed by atoms with Gasteiger partial charge in [0.1, 0.15) is 18.2 Å². The monoisotopic (exact) mass is 233 g/mol. The summed E-state index contributed by atoms with van der Waals surface area (Å²) in [6.07, 6.45) is 0. The molecule has 92 valence electrons. The lowest BCUT2D eigenvalue weighted by molar-refractivity contribution is 0.111. The number of aromatic nitrogens is 1. The average Bonchev–Trinajstić information content (AvgIpc) is 2.26. The summed E-state index contributed by atoms with van der Waals surface area (Å²) in [6, 6.07) is 5.63. The number of hydrogen-bond donors (Lipinski definition) is 0. The molecule has 0 aromatic carbocycles. The maximum atomic E-state index is 8.97. The van der Waals surface area contributed by atoms with Crippen molar-refractivity contribution in [1.29, 1.82) is 5.26 Å². The van der Waals surface area contributed by atoms with E-state index in [-0.39, 0.29) is 5.54 Å². The number of aryl methyl sites for hydroxylation is 1. The zero-order valence-electron chi connectivity index (χ0n) is 11.1. The minimum absolute atomic E-state index is 0.0991. The first kappa shape index (κ1) is 13.5. The maximum Gasteiger partial charge on any atom is 0.231 e. The summed E-state index contributed by atoms with van der Waals surface area (Å²) in [5, 5.41) is 8.97. The fourth-order valence-electron chi connectivity index (χ4n) is 1.10. The summed E-state index contributed by atoms with van der Waals surface area (Å²) < 4.78 is 5.66. The third-order valence-electron chi connectivity index (χ3n) is 2.89. The molecule has 0 aliphatic carbocycles. The summed E-state index contributed by atoms with van der Waals surface area (Å²) in [5.74, 6) is 0.419. The SMILES string of the molecule is Cc1ccc(C#N)c(OCC(C)(C)N(C)C)n1. The van der Waals surface area contributed by atoms with Crippen LogP contribution in [0.4, 0.5) is 0 Å². The van der Waals surface area contributed by atoms with Gasteiger partial charge in [0, 0.05) is 11.2 Å². The smallest absolute Gasteiger partial charge is 0.231 e. The Balaban J connectivity index is 2.83. The Hall–Kier alpha value is -1.60. The standard InChI is InChI=1S/C13H19N3O/c1-10-6-7-11(8-14)12(15-10)17-9-13(2,3)16(4)5/h6-7H,9H2,1-5H3. The highest BCUT2D eigenvalue weighted by Crippen LogP contribution is 2.18. The molecule has 0 amide bonds. The van der Waals surface area contributed by atoms with E-state index in [1.165, 1.54) is 0 Å². The third kappa shape index (κ3) is 3.43. The third-order valence-corrected chi connectivity index (χ3v) is 2.89. The van der Waals surface area contributed by atoms with Gasteiger partial charge in [-0.1, -0.05) is 0 Å². The number of pyridine rings is 1. The molecule has 0 radical (unpaired) electrons. The van der Waals surface area contributed by atoms with Crippen LogP contribution in [0, 0.1) is 18.3 Å². The highest BCUT2D eigenvalue weighted by Gasteiger charge is 2.22. The second-order valence-corrected chi connectivity index (χ2v) is 4.91. The molecule has 0 aliphatic rings. The minimum atomic E-state index is -0.0991. The minimum Gasteiger partial charge on any atom is -0.475 e. The van der Waals surface area contributed by atoms with Gasteiger partial charge in [-0.25, -0.2) is 4.98 Å². The molecule has 0 atom stereocenters. The maximum absolute atomic E-state index is 8.97. The predicted octanol–water partition coefficient (Wildman–Crippen LogP) is 1.98. The summed E-state index contributed by atoms with van der Waals surface area (Å²) in [4.78, 5) is 6.32. The quantitative estimate of drug-likeness (QED) is 0.798. The Morgan fingerprint density at radius 1 is 1.41 bits per heavy atom. The Kier molecular flexibility index (Phi) is 4.08. The number of nitriles is 1. The highest BCUT2D eigenvalue weighted by atomic mass is 16.5. The van der Waals surface area contributed by atoms with Crippen LogP contribution in [-0.2, 0) is 0 Å². The van der Waals surface area contributed by atoms with E-state index in [1.54, 1.807) is 6.07 Å². The lowest BCUT2D eigenvalue weighted by Crippen LogP contribution is -2.43. The molecule has 0 bridgehead atoms. The van der Waals surface area contributed by atoms with Crippen LogP contribution in [0.25, 0.3) is 0 Å². The molecular weight excluding hydrogens is 214 g/mol. The molecule has 4 nitrogen and oxygen atoms in total. The van der Waals surface area contributed by atoms with E-state index < -0.39 is 0 Å². The van der Waals surface area contributed by atoms with Crippen molar-refractivity contribution >= 4 is 0 Å². The van der Waals surface area contributed by atoms with Crippen LogP contribution in [0.2, 0.25) is 0 Å². The van der Waals surface area contributed by atoms with E-state index >= 15 is 0 Å². The lowest BCUT2D eigenvalue weighted by Gasteiger charge is -2.32. The fourth-order valence-corrected chi connectivity index (χ4v) is 1.10. The topological polar surface area (TPSA) is 49.1 Å². The van der Waals surface area contributed by atoms with Crippen molar-refractivity contribution in [3.05, 3.63) is 23.4 Å². The van der Waals surface area contributed by atoms with E-state index in [1.807, 2.05) is 27.1 Å². The molecule has 0 saturated carbocycles. The first-order valence-corrected chi connectivity index (χ1v) is 5.55. The Labute approximate surface area is 103 Å². The van der Waals surface area contributed by atoms with Crippen molar-refractivity contribution in [2.45, 2.75) is 26.3 Å². The van der Waals surface area contributed by atoms with Crippen molar-refractivity contribution in [2.75, 3.05) is 20.7 Å². The molecule has 0 N–H and O–H groups in total. The molecule has 0 aliphatic heterocycles. The zero-order valence-corrected chi connectivity index (χ0v) is 11.1. The molecule has 1 heterocycles. The Morgan fingerprint density at radius 2 is 2.06 bits per heavy atom. The van der Waals surface area contributed by atoms with E-state index in [2.05, 4.69) is 29.8 Å². The van der Waals surface area contributed by atoms with Gasteiger partial charge >= 0.3 is 0 Å². The van der Waals surface area contributed by atoms with E-state index in [4.69, 9.17) is 10.00 Å². The van der Waals surface area contributed by atoms with E-state index in [0.29, 0.717) is 18.1 Å². The Bertz CT molecular complexity index is 433. The van der Waals surface area contributed by atoms with Gasteiger partial charge in [-0.2, -0.15) is 5.26 Å². The van der Waals surface area contributed by atoms with Crippen molar-refractivity contribution in [3.8, 4) is 11.9 Å². The summed E-state index contributed by atoms with van der Waals surface area (Å²) in [6.45, 7) is 6.53. The number of rotatable bonds is 4. The van der Waals surface area contributed by atoms with Crippen molar-refractivity contribution in [2.24, 2.45) is 0 Å². The van der Waals surface area contributed by atoms with Crippen molar-refractivity contribution in [1.82, 2.24) is 9.88 Å². The molecule has 1 aromatic rings. The molecule has 0 fully saturated rings. The van der Waals surface area contributed by atoms with Crippen LogP contribution < -0.4 is 4.74 Å². The van der Waals surface area contributed by atoms with Gasteiger partial charge in [0.15, 0.2) is 0 Å². The molecule has 0 saturated heterocycles. The summed E-state index contributed by atoms with van der Waals surface area (Å²) in [7, 11) is 4.00. The normalized spacial score (nSPS) is 11.4. The number of ether oxygens (including phenoxy) is 1. The number of hydrogen-bond acceptors (Lipinski definition) is 4. The van der Waals surface area contributed by atoms with Gasteiger partial charge < -0.3 is 9.64 Å². The predicted molar refractivity (Wildman–Crippen MR) is 67.0 cm³/mol. The molecular formula is C13H19N3O. The highest BCUT2D eigenvalue weighted by molar-refractivity contribution is 5.38. The molecule has 1 rings (SSSR count). The van der Waals surface area contributed by atoms with Crippen LogP contribution in [0.5, 0.6) is 5.88 Å². The second kappa shape index (κ2) is 5.15. The van der Waals surface area contributed by atoms with Gasteiger partial charge in [-0.3, -0.25) is 0 Å². The fraction of sp³-hybridized carbons (Fsp3) is 0.538. The second-order valence-electron chi connectivity index (χ2n) is 4.91. The molecule has 0 unspecified atom stereocenters. The average molecular weight is 233 g/mol. The number of nitrogens with zero attached hydrogens (tertiary/aromatic N) is 3. The van der Waals surface area contributed by atoms with Crippen molar-refractivity contribution < 1.29 is 4.74 Å².